The van der Waals surface area contributed by atoms with Crippen molar-refractivity contribution in [3.63, 3.8) is 0 Å². The van der Waals surface area contributed by atoms with E-state index in [0.29, 0.717) is 11.3 Å². The molecule has 0 aliphatic carbocycles. The molecule has 0 amide bonds. The molecule has 0 radical (unpaired) electrons. The molecule has 1 aliphatic rings. The van der Waals surface area contributed by atoms with Crippen LogP contribution in [0.3, 0.4) is 0 Å². The van der Waals surface area contributed by atoms with Crippen LogP contribution >= 0.6 is 22.9 Å². The second-order valence-electron chi connectivity index (χ2n) is 4.56. The first kappa shape index (κ1) is 15.6. The van der Waals surface area contributed by atoms with Gasteiger partial charge in [0.25, 0.3) is 15.7 Å². The number of rotatable bonds is 3. The normalized spacial score (nSPS) is 24.8. The van der Waals surface area contributed by atoms with Gasteiger partial charge in [0.05, 0.1) is 17.1 Å². The van der Waals surface area contributed by atoms with Crippen molar-refractivity contribution in [2.75, 3.05) is 13.1 Å². The number of nitrogens with zero attached hydrogens (tertiary/aromatic N) is 2. The van der Waals surface area contributed by atoms with Crippen molar-refractivity contribution >= 4 is 38.6 Å². The number of hydrogen-bond donors (Lipinski definition) is 0. The molecule has 1 aromatic rings. The zero-order chi connectivity index (χ0) is 15.1. The molecule has 2 unspecified atom stereocenters. The van der Waals surface area contributed by atoms with Crippen LogP contribution < -0.4 is 0 Å². The summed E-state index contributed by atoms with van der Waals surface area (Å²) < 4.78 is 31.4. The van der Waals surface area contributed by atoms with E-state index in [4.69, 9.17) is 16.3 Å². The second kappa shape index (κ2) is 5.57. The predicted octanol–water partition coefficient (Wildman–Crippen LogP) is 2.11. The van der Waals surface area contributed by atoms with Gasteiger partial charge >= 0.3 is 0 Å². The van der Waals surface area contributed by atoms with Crippen molar-refractivity contribution < 1.29 is 18.1 Å². The van der Waals surface area contributed by atoms with Crippen molar-refractivity contribution in [1.29, 1.82) is 0 Å². The number of nitro groups is 1. The van der Waals surface area contributed by atoms with Gasteiger partial charge in [-0.2, -0.15) is 4.31 Å². The van der Waals surface area contributed by atoms with Crippen molar-refractivity contribution in [1.82, 2.24) is 4.31 Å². The fourth-order valence-corrected chi connectivity index (χ4v) is 5.45. The monoisotopic (exact) mass is 340 g/mol. The molecule has 1 aromatic heterocycles. The van der Waals surface area contributed by atoms with E-state index < -0.39 is 14.9 Å². The Morgan fingerprint density at radius 3 is 2.45 bits per heavy atom. The average molecular weight is 341 g/mol. The molecule has 1 aliphatic heterocycles. The molecular formula is C10H13ClN2O5S2. The van der Waals surface area contributed by atoms with E-state index in [9.17, 15) is 18.5 Å². The number of hydrogen-bond acceptors (Lipinski definition) is 6. The van der Waals surface area contributed by atoms with Crippen molar-refractivity contribution in [2.24, 2.45) is 0 Å². The van der Waals surface area contributed by atoms with E-state index in [1.54, 1.807) is 13.8 Å². The van der Waals surface area contributed by atoms with Crippen molar-refractivity contribution in [3.05, 3.63) is 20.5 Å². The summed E-state index contributed by atoms with van der Waals surface area (Å²) in [5.41, 5.74) is -0.385. The van der Waals surface area contributed by atoms with Crippen LogP contribution in [0.2, 0.25) is 4.34 Å². The third-order valence-corrected chi connectivity index (χ3v) is 6.44. The van der Waals surface area contributed by atoms with Crippen LogP contribution in [0.15, 0.2) is 10.3 Å². The van der Waals surface area contributed by atoms with Gasteiger partial charge in [-0.05, 0) is 13.8 Å². The number of thiophene rings is 1. The van der Waals surface area contributed by atoms with E-state index in [2.05, 4.69) is 0 Å². The number of halogens is 1. The lowest BCUT2D eigenvalue weighted by Gasteiger charge is -2.33. The average Bonchev–Trinajstić information content (AvgIpc) is 2.70. The third kappa shape index (κ3) is 2.96. The van der Waals surface area contributed by atoms with E-state index >= 15 is 0 Å². The quantitative estimate of drug-likeness (QED) is 0.621. The Balaban J connectivity index is 2.35. The van der Waals surface area contributed by atoms with Gasteiger partial charge in [0, 0.05) is 19.2 Å². The Morgan fingerprint density at radius 2 is 2.00 bits per heavy atom. The summed E-state index contributed by atoms with van der Waals surface area (Å²) >= 11 is 6.41. The highest BCUT2D eigenvalue weighted by atomic mass is 35.5. The minimum Gasteiger partial charge on any atom is -0.373 e. The fraction of sp³-hybridized carbons (Fsp3) is 0.600. The Labute approximate surface area is 125 Å². The Hall–Kier alpha value is -0.740. The molecule has 0 aromatic carbocycles. The van der Waals surface area contributed by atoms with Crippen LogP contribution in [-0.2, 0) is 14.8 Å². The standard InChI is InChI=1S/C10H13ClN2O5S2/c1-6-4-12(5-7(2)18-6)20(16,17)9-3-8(13(14)15)10(11)19-9/h3,6-7H,4-5H2,1-2H3. The van der Waals surface area contributed by atoms with Gasteiger partial charge in [-0.25, -0.2) is 8.42 Å². The zero-order valence-corrected chi connectivity index (χ0v) is 13.2. The van der Waals surface area contributed by atoms with Gasteiger partial charge in [-0.1, -0.05) is 11.6 Å². The molecule has 1 fully saturated rings. The summed E-state index contributed by atoms with van der Waals surface area (Å²) in [4.78, 5) is 10.0. The minimum atomic E-state index is -3.78. The molecule has 1 saturated heterocycles. The zero-order valence-electron chi connectivity index (χ0n) is 10.8. The Kier molecular flexibility index (Phi) is 4.35. The summed E-state index contributed by atoms with van der Waals surface area (Å²) in [7, 11) is -3.78. The summed E-state index contributed by atoms with van der Waals surface area (Å²) in [5.74, 6) is 0. The maximum absolute atomic E-state index is 12.5. The van der Waals surface area contributed by atoms with Crippen LogP contribution in [0.1, 0.15) is 13.8 Å². The SMILES string of the molecule is CC1CN(S(=O)(=O)c2cc([N+](=O)[O-])c(Cl)s2)CC(C)O1. The maximum atomic E-state index is 12.5. The number of ether oxygens (including phenoxy) is 1. The molecule has 0 saturated carbocycles. The fourth-order valence-electron chi connectivity index (χ4n) is 2.04. The van der Waals surface area contributed by atoms with E-state index in [-0.39, 0.29) is 39.5 Å². The highest BCUT2D eigenvalue weighted by molar-refractivity contribution is 7.91. The summed E-state index contributed by atoms with van der Waals surface area (Å²) in [6, 6.07) is 1.01. The number of sulfonamides is 1. The molecule has 2 rings (SSSR count). The van der Waals surface area contributed by atoms with Gasteiger partial charge in [0.2, 0.25) is 0 Å². The van der Waals surface area contributed by atoms with Crippen LogP contribution in [-0.4, -0.2) is 42.9 Å². The van der Waals surface area contributed by atoms with Gasteiger partial charge in [-0.15, -0.1) is 11.3 Å². The van der Waals surface area contributed by atoms with Gasteiger partial charge in [0.1, 0.15) is 4.21 Å². The first-order chi connectivity index (χ1) is 9.21. The molecule has 0 spiro atoms. The van der Waals surface area contributed by atoms with Gasteiger partial charge < -0.3 is 4.74 Å². The number of morpholine rings is 1. The van der Waals surface area contributed by atoms with Crippen molar-refractivity contribution in [3.8, 4) is 0 Å². The lowest BCUT2D eigenvalue weighted by molar-refractivity contribution is -0.384. The first-order valence-electron chi connectivity index (χ1n) is 5.81. The van der Waals surface area contributed by atoms with Crippen LogP contribution in [0.5, 0.6) is 0 Å². The summed E-state index contributed by atoms with van der Waals surface area (Å²) in [5, 5.41) is 10.7. The third-order valence-electron chi connectivity index (χ3n) is 2.82. The smallest absolute Gasteiger partial charge is 0.300 e. The van der Waals surface area contributed by atoms with E-state index in [0.717, 1.165) is 6.07 Å². The molecule has 112 valence electrons. The van der Waals surface area contributed by atoms with Gasteiger partial charge in [-0.3, -0.25) is 10.1 Å². The largest absolute Gasteiger partial charge is 0.373 e. The van der Waals surface area contributed by atoms with Crippen molar-refractivity contribution in [2.45, 2.75) is 30.3 Å². The lowest BCUT2D eigenvalue weighted by atomic mass is 10.3. The molecule has 2 heterocycles. The van der Waals surface area contributed by atoms with E-state index in [1.807, 2.05) is 0 Å². The van der Waals surface area contributed by atoms with Crippen LogP contribution in [0.4, 0.5) is 5.69 Å². The molecular weight excluding hydrogens is 328 g/mol. The van der Waals surface area contributed by atoms with E-state index in [1.165, 1.54) is 4.31 Å². The highest BCUT2D eigenvalue weighted by Crippen LogP contribution is 2.37. The van der Waals surface area contributed by atoms with Gasteiger partial charge in [0.15, 0.2) is 4.34 Å². The Morgan fingerprint density at radius 1 is 1.45 bits per heavy atom. The molecule has 2 atom stereocenters. The minimum absolute atomic E-state index is 0.115. The predicted molar refractivity (Wildman–Crippen MR) is 74.8 cm³/mol. The summed E-state index contributed by atoms with van der Waals surface area (Å²) in [6.45, 7) is 4.00. The Bertz CT molecular complexity index is 620. The lowest BCUT2D eigenvalue weighted by Crippen LogP contribution is -2.47. The maximum Gasteiger partial charge on any atom is 0.300 e. The first-order valence-corrected chi connectivity index (χ1v) is 8.44. The second-order valence-corrected chi connectivity index (χ2v) is 8.38. The molecule has 10 heteroatoms. The topological polar surface area (TPSA) is 89.8 Å². The highest BCUT2D eigenvalue weighted by Gasteiger charge is 2.35. The molecule has 0 bridgehead atoms. The molecule has 0 N–H and O–H groups in total. The summed E-state index contributed by atoms with van der Waals surface area (Å²) in [6.07, 6.45) is -0.446. The molecule has 20 heavy (non-hydrogen) atoms. The van der Waals surface area contributed by atoms with Crippen LogP contribution in [0, 0.1) is 10.1 Å². The molecule has 7 nitrogen and oxygen atoms in total. The van der Waals surface area contributed by atoms with Crippen LogP contribution in [0.25, 0.3) is 0 Å².